The van der Waals surface area contributed by atoms with Gasteiger partial charge in [0.05, 0.1) is 12.5 Å². The largest absolute Gasteiger partial charge is 0.309 e. The fraction of sp³-hybridized carbons (Fsp3) is 0.429. The molecule has 0 radical (unpaired) electrons. The van der Waals surface area contributed by atoms with Crippen LogP contribution in [0, 0.1) is 25.2 Å². The molecular formula is C14H17N3O. The summed E-state index contributed by atoms with van der Waals surface area (Å²) in [7, 11) is 0. The minimum absolute atomic E-state index is 0.000185. The van der Waals surface area contributed by atoms with Gasteiger partial charge in [-0.05, 0) is 25.0 Å². The Balaban J connectivity index is 2.33. The Bertz CT molecular complexity index is 484. The third kappa shape index (κ3) is 2.22. The minimum Gasteiger partial charge on any atom is -0.309 e. The first-order valence-electron chi connectivity index (χ1n) is 6.13. The van der Waals surface area contributed by atoms with E-state index < -0.39 is 0 Å². The van der Waals surface area contributed by atoms with Gasteiger partial charge in [-0.1, -0.05) is 18.2 Å². The molecule has 4 nitrogen and oxygen atoms in total. The molecule has 18 heavy (non-hydrogen) atoms. The van der Waals surface area contributed by atoms with E-state index in [0.717, 1.165) is 23.4 Å². The van der Waals surface area contributed by atoms with Crippen molar-refractivity contribution in [3.05, 3.63) is 29.3 Å². The maximum Gasteiger partial charge on any atom is 0.245 e. The average Bonchev–Trinajstić information content (AvgIpc) is 2.33. The maximum atomic E-state index is 12.3. The van der Waals surface area contributed by atoms with Crippen molar-refractivity contribution in [1.29, 1.82) is 5.26 Å². The molecule has 1 N–H and O–H groups in total. The van der Waals surface area contributed by atoms with Gasteiger partial charge in [0.1, 0.15) is 6.04 Å². The van der Waals surface area contributed by atoms with Crippen molar-refractivity contribution in [3.8, 4) is 6.07 Å². The van der Waals surface area contributed by atoms with Crippen molar-refractivity contribution in [2.24, 2.45) is 0 Å². The number of benzene rings is 1. The molecule has 1 unspecified atom stereocenters. The number of nitrogens with one attached hydrogen (secondary N) is 1. The number of anilines is 1. The fourth-order valence-electron chi connectivity index (χ4n) is 2.44. The van der Waals surface area contributed by atoms with Gasteiger partial charge in [-0.15, -0.1) is 0 Å². The number of hydrogen-bond donors (Lipinski definition) is 1. The van der Waals surface area contributed by atoms with Crippen LogP contribution in [0.4, 0.5) is 5.69 Å². The lowest BCUT2D eigenvalue weighted by Crippen LogP contribution is -2.55. The molecule has 1 aromatic rings. The Labute approximate surface area is 107 Å². The van der Waals surface area contributed by atoms with Crippen LogP contribution in [0.15, 0.2) is 18.2 Å². The lowest BCUT2D eigenvalue weighted by atomic mass is 10.0. The summed E-state index contributed by atoms with van der Waals surface area (Å²) >= 11 is 0. The number of amides is 1. The van der Waals surface area contributed by atoms with E-state index >= 15 is 0 Å². The van der Waals surface area contributed by atoms with Crippen LogP contribution in [0.2, 0.25) is 0 Å². The normalized spacial score (nSPS) is 19.7. The number of nitriles is 1. The van der Waals surface area contributed by atoms with Gasteiger partial charge in [0.25, 0.3) is 0 Å². The predicted octanol–water partition coefficient (Wildman–Crippen LogP) is 1.52. The third-order valence-electron chi connectivity index (χ3n) is 3.30. The molecule has 1 amide bonds. The highest BCUT2D eigenvalue weighted by atomic mass is 16.2. The van der Waals surface area contributed by atoms with Gasteiger partial charge < -0.3 is 10.2 Å². The fourth-order valence-corrected chi connectivity index (χ4v) is 2.44. The van der Waals surface area contributed by atoms with Crippen molar-refractivity contribution < 1.29 is 4.79 Å². The minimum atomic E-state index is -0.372. The van der Waals surface area contributed by atoms with Crippen molar-refractivity contribution in [2.75, 3.05) is 18.0 Å². The number of rotatable bonds is 2. The van der Waals surface area contributed by atoms with Crippen LogP contribution in [0.25, 0.3) is 0 Å². The molecule has 0 aromatic heterocycles. The quantitative estimate of drug-likeness (QED) is 0.856. The summed E-state index contributed by atoms with van der Waals surface area (Å²) in [6.07, 6.45) is 0.222. The lowest BCUT2D eigenvalue weighted by molar-refractivity contribution is -0.121. The molecule has 1 saturated heterocycles. The van der Waals surface area contributed by atoms with E-state index in [9.17, 15) is 4.79 Å². The monoisotopic (exact) mass is 243 g/mol. The molecule has 0 spiro atoms. The van der Waals surface area contributed by atoms with Crippen LogP contribution in [0.1, 0.15) is 17.5 Å². The van der Waals surface area contributed by atoms with E-state index in [2.05, 4.69) is 11.4 Å². The van der Waals surface area contributed by atoms with Gasteiger partial charge in [0.15, 0.2) is 0 Å². The molecule has 1 aromatic carbocycles. The van der Waals surface area contributed by atoms with Crippen molar-refractivity contribution in [2.45, 2.75) is 26.3 Å². The summed E-state index contributed by atoms with van der Waals surface area (Å²) in [6.45, 7) is 5.41. The topological polar surface area (TPSA) is 56.1 Å². The number of hydrogen-bond acceptors (Lipinski definition) is 3. The summed E-state index contributed by atoms with van der Waals surface area (Å²) in [5, 5.41) is 11.8. The van der Waals surface area contributed by atoms with E-state index in [1.54, 1.807) is 0 Å². The van der Waals surface area contributed by atoms with Crippen molar-refractivity contribution in [3.63, 3.8) is 0 Å². The Kier molecular flexibility index (Phi) is 3.63. The van der Waals surface area contributed by atoms with Crippen LogP contribution in [0.5, 0.6) is 0 Å². The first-order valence-corrected chi connectivity index (χ1v) is 6.13. The van der Waals surface area contributed by atoms with Crippen LogP contribution in [-0.4, -0.2) is 25.0 Å². The summed E-state index contributed by atoms with van der Waals surface area (Å²) in [5.74, 6) is 0.000185. The van der Waals surface area contributed by atoms with E-state index in [-0.39, 0.29) is 18.4 Å². The number of carbonyl (C=O) groups is 1. The van der Waals surface area contributed by atoms with Gasteiger partial charge in [-0.2, -0.15) is 5.26 Å². The number of para-hydroxylation sites is 1. The van der Waals surface area contributed by atoms with Crippen LogP contribution >= 0.6 is 0 Å². The first kappa shape index (κ1) is 12.6. The summed E-state index contributed by atoms with van der Waals surface area (Å²) < 4.78 is 0. The van der Waals surface area contributed by atoms with Gasteiger partial charge in [0, 0.05) is 18.8 Å². The van der Waals surface area contributed by atoms with Gasteiger partial charge in [0.2, 0.25) is 5.91 Å². The maximum absolute atomic E-state index is 12.3. The number of nitrogens with zero attached hydrogens (tertiary/aromatic N) is 2. The smallest absolute Gasteiger partial charge is 0.245 e. The molecule has 1 aliphatic heterocycles. The van der Waals surface area contributed by atoms with E-state index in [4.69, 9.17) is 5.26 Å². The average molecular weight is 243 g/mol. The molecular weight excluding hydrogens is 226 g/mol. The Hall–Kier alpha value is -1.86. The Morgan fingerprint density at radius 1 is 1.44 bits per heavy atom. The number of piperazine rings is 1. The molecule has 0 bridgehead atoms. The molecule has 0 saturated carbocycles. The zero-order valence-electron chi connectivity index (χ0n) is 10.7. The van der Waals surface area contributed by atoms with Gasteiger partial charge in [-0.25, -0.2) is 0 Å². The second-order valence-corrected chi connectivity index (χ2v) is 4.60. The molecule has 1 fully saturated rings. The Morgan fingerprint density at radius 3 is 2.72 bits per heavy atom. The first-order chi connectivity index (χ1) is 8.65. The second kappa shape index (κ2) is 5.19. The summed E-state index contributed by atoms with van der Waals surface area (Å²) in [6, 6.07) is 7.70. The van der Waals surface area contributed by atoms with Gasteiger partial charge >= 0.3 is 0 Å². The highest BCUT2D eigenvalue weighted by Crippen LogP contribution is 2.26. The van der Waals surface area contributed by atoms with Crippen LogP contribution < -0.4 is 10.2 Å². The van der Waals surface area contributed by atoms with E-state index in [1.165, 1.54) is 0 Å². The van der Waals surface area contributed by atoms with E-state index in [1.807, 2.05) is 36.9 Å². The molecule has 4 heteroatoms. The predicted molar refractivity (Wildman–Crippen MR) is 70.3 cm³/mol. The number of carbonyl (C=O) groups excluding carboxylic acids is 1. The summed E-state index contributed by atoms with van der Waals surface area (Å²) in [5.41, 5.74) is 3.19. The van der Waals surface area contributed by atoms with Crippen LogP contribution in [-0.2, 0) is 4.79 Å². The van der Waals surface area contributed by atoms with Crippen molar-refractivity contribution in [1.82, 2.24) is 5.32 Å². The second-order valence-electron chi connectivity index (χ2n) is 4.60. The van der Waals surface area contributed by atoms with Crippen molar-refractivity contribution >= 4 is 11.6 Å². The zero-order valence-corrected chi connectivity index (χ0v) is 10.7. The lowest BCUT2D eigenvalue weighted by Gasteiger charge is -2.34. The zero-order chi connectivity index (χ0) is 13.1. The highest BCUT2D eigenvalue weighted by molar-refractivity contribution is 5.99. The molecule has 1 heterocycles. The molecule has 2 rings (SSSR count). The van der Waals surface area contributed by atoms with Crippen LogP contribution in [0.3, 0.4) is 0 Å². The highest BCUT2D eigenvalue weighted by Gasteiger charge is 2.30. The van der Waals surface area contributed by atoms with Gasteiger partial charge in [-0.3, -0.25) is 4.79 Å². The third-order valence-corrected chi connectivity index (χ3v) is 3.30. The molecule has 0 aliphatic carbocycles. The molecule has 1 aliphatic rings. The SMILES string of the molecule is Cc1cccc(C)c1N1CCNC(CC#N)C1=O. The molecule has 94 valence electrons. The molecule has 1 atom stereocenters. The standard InChI is InChI=1S/C14H17N3O/c1-10-4-3-5-11(2)13(10)17-9-8-16-12(6-7-15)14(17)18/h3-5,12,16H,6,8-9H2,1-2H3. The van der Waals surface area contributed by atoms with E-state index in [0.29, 0.717) is 6.54 Å². The number of aryl methyl sites for hydroxylation is 2. The Morgan fingerprint density at radius 2 is 2.11 bits per heavy atom. The summed E-state index contributed by atoms with van der Waals surface area (Å²) in [4.78, 5) is 14.1.